The first-order chi connectivity index (χ1) is 10.4. The van der Waals surface area contributed by atoms with Crippen LogP contribution in [0.25, 0.3) is 5.69 Å². The number of benzene rings is 1. The van der Waals surface area contributed by atoms with E-state index in [0.29, 0.717) is 6.04 Å². The lowest BCUT2D eigenvalue weighted by atomic mass is 10.3. The first kappa shape index (κ1) is 12.6. The first-order valence-corrected chi connectivity index (χ1v) is 7.88. The standard InChI is InChI=1S/C14H14N6S/c1-2-4-12(5-3-1)19-9-11(8-15-19)10-21-14-16-17-18-20(14)13-6-7-13/h1-5,8-9,13H,6-7,10H2. The third-order valence-corrected chi connectivity index (χ3v) is 4.38. The molecule has 1 fully saturated rings. The van der Waals surface area contributed by atoms with Crippen LogP contribution in [0, 0.1) is 0 Å². The largest absolute Gasteiger partial charge is 0.241 e. The topological polar surface area (TPSA) is 61.4 Å². The van der Waals surface area contributed by atoms with Crippen molar-refractivity contribution in [1.82, 2.24) is 30.0 Å². The molecule has 0 amide bonds. The number of tetrazole rings is 1. The van der Waals surface area contributed by atoms with Crippen molar-refractivity contribution in [2.75, 3.05) is 0 Å². The van der Waals surface area contributed by atoms with Crippen molar-refractivity contribution in [3.8, 4) is 5.69 Å². The summed E-state index contributed by atoms with van der Waals surface area (Å²) in [6.07, 6.45) is 6.31. The highest BCUT2D eigenvalue weighted by atomic mass is 32.2. The summed E-state index contributed by atoms with van der Waals surface area (Å²) in [5, 5.41) is 17.2. The molecule has 6 nitrogen and oxygen atoms in total. The summed E-state index contributed by atoms with van der Waals surface area (Å²) in [7, 11) is 0. The number of hydrogen-bond donors (Lipinski definition) is 0. The summed E-state index contributed by atoms with van der Waals surface area (Å²) in [5.74, 6) is 0.819. The van der Waals surface area contributed by atoms with Crippen molar-refractivity contribution in [3.05, 3.63) is 48.3 Å². The predicted molar refractivity (Wildman–Crippen MR) is 79.2 cm³/mol. The highest BCUT2D eigenvalue weighted by Gasteiger charge is 2.27. The predicted octanol–water partition coefficient (Wildman–Crippen LogP) is 2.49. The second-order valence-electron chi connectivity index (χ2n) is 5.05. The molecule has 7 heteroatoms. The Balaban J connectivity index is 1.46. The van der Waals surface area contributed by atoms with E-state index in [2.05, 4.69) is 20.6 Å². The summed E-state index contributed by atoms with van der Waals surface area (Å²) >= 11 is 1.66. The van der Waals surface area contributed by atoms with E-state index >= 15 is 0 Å². The number of thioether (sulfide) groups is 1. The van der Waals surface area contributed by atoms with Crippen molar-refractivity contribution in [1.29, 1.82) is 0 Å². The summed E-state index contributed by atoms with van der Waals surface area (Å²) in [4.78, 5) is 0. The smallest absolute Gasteiger partial charge is 0.209 e. The van der Waals surface area contributed by atoms with Crippen LogP contribution in [0.3, 0.4) is 0 Å². The molecule has 4 rings (SSSR count). The zero-order valence-electron chi connectivity index (χ0n) is 11.3. The molecule has 0 radical (unpaired) electrons. The Morgan fingerprint density at radius 1 is 1.19 bits per heavy atom. The van der Waals surface area contributed by atoms with Crippen molar-refractivity contribution in [3.63, 3.8) is 0 Å². The van der Waals surface area contributed by atoms with Crippen LogP contribution in [-0.4, -0.2) is 30.0 Å². The van der Waals surface area contributed by atoms with E-state index in [1.165, 1.54) is 12.8 Å². The van der Waals surface area contributed by atoms with E-state index in [1.807, 2.05) is 52.1 Å². The maximum Gasteiger partial charge on any atom is 0.209 e. The molecule has 2 aromatic heterocycles. The van der Waals surface area contributed by atoms with Crippen molar-refractivity contribution >= 4 is 11.8 Å². The van der Waals surface area contributed by atoms with Gasteiger partial charge < -0.3 is 0 Å². The quantitative estimate of drug-likeness (QED) is 0.677. The van der Waals surface area contributed by atoms with E-state index in [-0.39, 0.29) is 0 Å². The van der Waals surface area contributed by atoms with Gasteiger partial charge in [-0.1, -0.05) is 30.0 Å². The summed E-state index contributed by atoms with van der Waals surface area (Å²) in [6.45, 7) is 0. The maximum absolute atomic E-state index is 4.40. The van der Waals surface area contributed by atoms with Crippen LogP contribution in [0.1, 0.15) is 24.4 Å². The number of aromatic nitrogens is 6. The number of hydrogen-bond acceptors (Lipinski definition) is 5. The van der Waals surface area contributed by atoms with Gasteiger partial charge in [0.1, 0.15) is 0 Å². The lowest BCUT2D eigenvalue weighted by molar-refractivity contribution is 0.565. The molecule has 0 spiro atoms. The van der Waals surface area contributed by atoms with Crippen LogP contribution in [-0.2, 0) is 5.75 Å². The zero-order chi connectivity index (χ0) is 14.1. The van der Waals surface area contributed by atoms with Gasteiger partial charge in [-0.15, -0.1) is 5.10 Å². The Bertz CT molecular complexity index is 731. The molecule has 2 heterocycles. The Hall–Kier alpha value is -2.15. The third kappa shape index (κ3) is 2.69. The van der Waals surface area contributed by atoms with E-state index in [1.54, 1.807) is 11.8 Å². The van der Waals surface area contributed by atoms with Gasteiger partial charge in [-0.3, -0.25) is 0 Å². The normalized spacial score (nSPS) is 14.5. The molecule has 1 saturated carbocycles. The highest BCUT2D eigenvalue weighted by molar-refractivity contribution is 7.98. The van der Waals surface area contributed by atoms with Crippen LogP contribution in [0.2, 0.25) is 0 Å². The molecular formula is C14H14N6S. The van der Waals surface area contributed by atoms with Gasteiger partial charge in [-0.2, -0.15) is 5.10 Å². The van der Waals surface area contributed by atoms with E-state index in [9.17, 15) is 0 Å². The fraction of sp³-hybridized carbons (Fsp3) is 0.286. The average molecular weight is 298 g/mol. The zero-order valence-corrected chi connectivity index (χ0v) is 12.1. The molecule has 0 aliphatic heterocycles. The maximum atomic E-state index is 4.40. The Kier molecular flexibility index (Phi) is 3.19. The van der Waals surface area contributed by atoms with Crippen LogP contribution in [0.15, 0.2) is 47.9 Å². The summed E-state index contributed by atoms with van der Waals surface area (Å²) in [5.41, 5.74) is 2.23. The highest BCUT2D eigenvalue weighted by Crippen LogP contribution is 2.36. The Morgan fingerprint density at radius 3 is 2.86 bits per heavy atom. The van der Waals surface area contributed by atoms with Crippen LogP contribution in [0.5, 0.6) is 0 Å². The van der Waals surface area contributed by atoms with Crippen LogP contribution in [0.4, 0.5) is 0 Å². The monoisotopic (exact) mass is 298 g/mol. The SMILES string of the molecule is c1ccc(-n2cc(CSc3nnnn3C3CC3)cn2)cc1. The van der Waals surface area contributed by atoms with E-state index < -0.39 is 0 Å². The van der Waals surface area contributed by atoms with E-state index in [4.69, 9.17) is 0 Å². The number of rotatable bonds is 5. The molecule has 0 saturated heterocycles. The van der Waals surface area contributed by atoms with Gasteiger partial charge in [0.25, 0.3) is 0 Å². The Labute approximate surface area is 126 Å². The molecule has 0 atom stereocenters. The summed E-state index contributed by atoms with van der Waals surface area (Å²) in [6, 6.07) is 10.6. The van der Waals surface area contributed by atoms with Gasteiger partial charge in [0.05, 0.1) is 17.9 Å². The second-order valence-corrected chi connectivity index (χ2v) is 6.00. The molecule has 0 unspecified atom stereocenters. The van der Waals surface area contributed by atoms with Crippen LogP contribution >= 0.6 is 11.8 Å². The molecule has 106 valence electrons. The molecule has 21 heavy (non-hydrogen) atoms. The van der Waals surface area contributed by atoms with Crippen LogP contribution < -0.4 is 0 Å². The van der Waals surface area contributed by atoms with Gasteiger partial charge in [0, 0.05) is 17.5 Å². The molecule has 1 aromatic carbocycles. The lowest BCUT2D eigenvalue weighted by Gasteiger charge is -2.01. The number of para-hydroxylation sites is 1. The summed E-state index contributed by atoms with van der Waals surface area (Å²) < 4.78 is 3.83. The number of nitrogens with zero attached hydrogens (tertiary/aromatic N) is 6. The lowest BCUT2D eigenvalue weighted by Crippen LogP contribution is -1.98. The average Bonchev–Trinajstić information content (AvgIpc) is 3.09. The molecule has 0 bridgehead atoms. The molecule has 1 aliphatic carbocycles. The Morgan fingerprint density at radius 2 is 2.05 bits per heavy atom. The van der Waals surface area contributed by atoms with Crippen molar-refractivity contribution in [2.24, 2.45) is 0 Å². The van der Waals surface area contributed by atoms with Gasteiger partial charge in [0.15, 0.2) is 0 Å². The minimum absolute atomic E-state index is 0.509. The van der Waals surface area contributed by atoms with Crippen molar-refractivity contribution in [2.45, 2.75) is 29.8 Å². The second kappa shape index (κ2) is 5.33. The van der Waals surface area contributed by atoms with Gasteiger partial charge in [0.2, 0.25) is 5.16 Å². The first-order valence-electron chi connectivity index (χ1n) is 6.90. The fourth-order valence-corrected chi connectivity index (χ4v) is 2.99. The fourth-order valence-electron chi connectivity index (χ4n) is 2.13. The van der Waals surface area contributed by atoms with E-state index in [0.717, 1.165) is 22.2 Å². The van der Waals surface area contributed by atoms with Crippen molar-refractivity contribution < 1.29 is 0 Å². The molecule has 3 aromatic rings. The van der Waals surface area contributed by atoms with Gasteiger partial charge >= 0.3 is 0 Å². The van der Waals surface area contributed by atoms with Gasteiger partial charge in [-0.25, -0.2) is 9.36 Å². The molecule has 1 aliphatic rings. The minimum Gasteiger partial charge on any atom is -0.241 e. The van der Waals surface area contributed by atoms with Gasteiger partial charge in [-0.05, 0) is 35.4 Å². The minimum atomic E-state index is 0.509. The molecule has 0 N–H and O–H groups in total. The molecular weight excluding hydrogens is 284 g/mol. The third-order valence-electron chi connectivity index (χ3n) is 3.38.